The third kappa shape index (κ3) is 2.97. The predicted molar refractivity (Wildman–Crippen MR) is 111 cm³/mol. The zero-order chi connectivity index (χ0) is 20.0. The number of halogens is 1. The van der Waals surface area contributed by atoms with Crippen LogP contribution in [0.4, 0.5) is 0 Å². The molecule has 0 unspecified atom stereocenters. The topological polar surface area (TPSA) is 56.4 Å². The molecule has 29 heavy (non-hydrogen) atoms. The summed E-state index contributed by atoms with van der Waals surface area (Å²) in [5.41, 5.74) is 2.92. The van der Waals surface area contributed by atoms with Crippen LogP contribution in [0.15, 0.2) is 68.8 Å². The molecule has 0 aliphatic carbocycles. The molecule has 148 valence electrons. The fraction of sp³-hybridized carbons (Fsp3) is 0.227. The fourth-order valence-electron chi connectivity index (χ4n) is 3.89. The molecule has 6 nitrogen and oxygen atoms in total. The van der Waals surface area contributed by atoms with Gasteiger partial charge in [-0.1, -0.05) is 12.1 Å². The summed E-state index contributed by atoms with van der Waals surface area (Å²) in [6, 6.07) is 15.7. The normalized spacial score (nSPS) is 19.8. The lowest BCUT2D eigenvalue weighted by Gasteiger charge is -2.38. The Morgan fingerprint density at radius 3 is 2.66 bits per heavy atom. The first-order chi connectivity index (χ1) is 14.2. The molecule has 0 N–H and O–H groups in total. The van der Waals surface area contributed by atoms with Crippen molar-refractivity contribution >= 4 is 21.6 Å². The summed E-state index contributed by atoms with van der Waals surface area (Å²) >= 11 is 3.58. The van der Waals surface area contributed by atoms with Crippen molar-refractivity contribution in [2.45, 2.75) is 18.7 Å². The molecule has 2 aliphatic rings. The van der Waals surface area contributed by atoms with Crippen LogP contribution in [0.1, 0.15) is 35.6 Å². The first-order valence-electron chi connectivity index (χ1n) is 9.26. The lowest BCUT2D eigenvalue weighted by atomic mass is 9.97. The third-order valence-electron chi connectivity index (χ3n) is 5.27. The Kier molecular flexibility index (Phi) is 4.47. The molecule has 3 aromatic rings. The molecule has 0 saturated carbocycles. The number of hydrogen-bond acceptors (Lipinski definition) is 6. The SMILES string of the molecule is COc1ccc([C@H]2Oc3c(OC)cccc3[C@H]3CC(c4ccco4)=NN32)cc1Br. The monoisotopic (exact) mass is 454 g/mol. The molecular formula is C22H19BrN2O4. The van der Waals surface area contributed by atoms with Crippen LogP contribution >= 0.6 is 15.9 Å². The average Bonchev–Trinajstić information content (AvgIpc) is 3.42. The minimum absolute atomic E-state index is 0.0276. The summed E-state index contributed by atoms with van der Waals surface area (Å²) in [4.78, 5) is 0. The van der Waals surface area contributed by atoms with Gasteiger partial charge in [0.05, 0.1) is 31.0 Å². The van der Waals surface area contributed by atoms with Crippen LogP contribution in [0.25, 0.3) is 0 Å². The summed E-state index contributed by atoms with van der Waals surface area (Å²) in [6.45, 7) is 0. The molecule has 0 amide bonds. The average molecular weight is 455 g/mol. The van der Waals surface area contributed by atoms with Crippen molar-refractivity contribution in [1.82, 2.24) is 5.01 Å². The van der Waals surface area contributed by atoms with Crippen LogP contribution in [-0.4, -0.2) is 24.9 Å². The van der Waals surface area contributed by atoms with E-state index in [2.05, 4.69) is 22.0 Å². The quantitative estimate of drug-likeness (QED) is 0.535. The zero-order valence-electron chi connectivity index (χ0n) is 16.0. The van der Waals surface area contributed by atoms with Gasteiger partial charge in [0.2, 0.25) is 6.23 Å². The second kappa shape index (κ2) is 7.15. The second-order valence-corrected chi connectivity index (χ2v) is 7.72. The van der Waals surface area contributed by atoms with Crippen molar-refractivity contribution in [3.05, 3.63) is 76.2 Å². The van der Waals surface area contributed by atoms with E-state index in [4.69, 9.17) is 23.7 Å². The smallest absolute Gasteiger partial charge is 0.214 e. The maximum atomic E-state index is 6.45. The van der Waals surface area contributed by atoms with E-state index in [0.29, 0.717) is 5.75 Å². The number of furan rings is 1. The maximum Gasteiger partial charge on any atom is 0.214 e. The van der Waals surface area contributed by atoms with Gasteiger partial charge in [0, 0.05) is 17.5 Å². The summed E-state index contributed by atoms with van der Waals surface area (Å²) in [6.07, 6.45) is 1.99. The Bertz CT molecular complexity index is 1080. The lowest BCUT2D eigenvalue weighted by Crippen LogP contribution is -2.33. The van der Waals surface area contributed by atoms with Crippen LogP contribution < -0.4 is 14.2 Å². The van der Waals surface area contributed by atoms with Crippen molar-refractivity contribution in [2.24, 2.45) is 5.10 Å². The maximum absolute atomic E-state index is 6.45. The van der Waals surface area contributed by atoms with Gasteiger partial charge in [-0.2, -0.15) is 5.10 Å². The minimum Gasteiger partial charge on any atom is -0.496 e. The number of hydrazone groups is 1. The first-order valence-corrected chi connectivity index (χ1v) is 10.1. The molecule has 0 radical (unpaired) electrons. The van der Waals surface area contributed by atoms with Crippen molar-refractivity contribution < 1.29 is 18.6 Å². The highest BCUT2D eigenvalue weighted by Crippen LogP contribution is 2.51. The Labute approximate surface area is 176 Å². The van der Waals surface area contributed by atoms with Gasteiger partial charge in [-0.3, -0.25) is 0 Å². The van der Waals surface area contributed by atoms with Gasteiger partial charge in [0.15, 0.2) is 11.5 Å². The molecule has 0 saturated heterocycles. The number of nitrogens with zero attached hydrogens (tertiary/aromatic N) is 2. The Morgan fingerprint density at radius 2 is 1.93 bits per heavy atom. The largest absolute Gasteiger partial charge is 0.496 e. The van der Waals surface area contributed by atoms with Crippen LogP contribution in [0.2, 0.25) is 0 Å². The van der Waals surface area contributed by atoms with Crippen LogP contribution in [0, 0.1) is 0 Å². The lowest BCUT2D eigenvalue weighted by molar-refractivity contribution is -0.0209. The molecule has 0 fully saturated rings. The number of rotatable bonds is 4. The molecular weight excluding hydrogens is 436 g/mol. The second-order valence-electron chi connectivity index (χ2n) is 6.87. The number of para-hydroxylation sites is 1. The molecule has 2 aliphatic heterocycles. The molecule has 7 heteroatoms. The van der Waals surface area contributed by atoms with Crippen LogP contribution in [-0.2, 0) is 0 Å². The van der Waals surface area contributed by atoms with E-state index in [1.807, 2.05) is 47.5 Å². The molecule has 5 rings (SSSR count). The molecule has 0 spiro atoms. The van der Waals surface area contributed by atoms with Crippen LogP contribution in [0.5, 0.6) is 17.2 Å². The van der Waals surface area contributed by atoms with Crippen molar-refractivity contribution in [1.29, 1.82) is 0 Å². The number of methoxy groups -OCH3 is 2. The summed E-state index contributed by atoms with van der Waals surface area (Å²) in [5.74, 6) is 3.01. The standard InChI is InChI=1S/C22H19BrN2O4/c1-26-18-9-8-13(11-15(18)23)22-25-17(12-16(24-25)19-7-4-10-28-19)14-5-3-6-20(27-2)21(14)29-22/h3-11,17,22H,12H2,1-2H3/t17-,22-/m1/s1. The minimum atomic E-state index is -0.404. The van der Waals surface area contributed by atoms with Gasteiger partial charge in [0.25, 0.3) is 0 Å². The summed E-state index contributed by atoms with van der Waals surface area (Å²) in [7, 11) is 3.30. The van der Waals surface area contributed by atoms with Crippen molar-refractivity contribution in [3.63, 3.8) is 0 Å². The Hall–Kier alpha value is -2.93. The number of hydrogen-bond donors (Lipinski definition) is 0. The molecule has 0 bridgehead atoms. The first kappa shape index (κ1) is 18.1. The highest BCUT2D eigenvalue weighted by atomic mass is 79.9. The van der Waals surface area contributed by atoms with E-state index < -0.39 is 6.23 Å². The van der Waals surface area contributed by atoms with E-state index in [1.54, 1.807) is 20.5 Å². The van der Waals surface area contributed by atoms with Gasteiger partial charge >= 0.3 is 0 Å². The highest BCUT2D eigenvalue weighted by molar-refractivity contribution is 9.10. The van der Waals surface area contributed by atoms with Crippen LogP contribution in [0.3, 0.4) is 0 Å². The van der Waals surface area contributed by atoms with E-state index in [0.717, 1.165) is 45.0 Å². The van der Waals surface area contributed by atoms with Crippen molar-refractivity contribution in [3.8, 4) is 17.2 Å². The van der Waals surface area contributed by atoms with Gasteiger partial charge < -0.3 is 18.6 Å². The van der Waals surface area contributed by atoms with Gasteiger partial charge in [0.1, 0.15) is 17.2 Å². The van der Waals surface area contributed by atoms with Gasteiger partial charge in [-0.05, 0) is 52.3 Å². The van der Waals surface area contributed by atoms with Gasteiger partial charge in [-0.15, -0.1) is 0 Å². The van der Waals surface area contributed by atoms with E-state index in [-0.39, 0.29) is 6.04 Å². The molecule has 2 atom stereocenters. The van der Waals surface area contributed by atoms with Crippen molar-refractivity contribution in [2.75, 3.05) is 14.2 Å². The molecule has 1 aromatic heterocycles. The Balaban J connectivity index is 1.62. The molecule has 2 aromatic carbocycles. The van der Waals surface area contributed by atoms with Gasteiger partial charge in [-0.25, -0.2) is 5.01 Å². The fourth-order valence-corrected chi connectivity index (χ4v) is 4.45. The summed E-state index contributed by atoms with van der Waals surface area (Å²) < 4.78 is 23.9. The third-order valence-corrected chi connectivity index (χ3v) is 5.89. The molecule has 3 heterocycles. The number of fused-ring (bicyclic) bond motifs is 3. The predicted octanol–water partition coefficient (Wildman–Crippen LogP) is 5.30. The number of benzene rings is 2. The Morgan fingerprint density at radius 1 is 1.07 bits per heavy atom. The zero-order valence-corrected chi connectivity index (χ0v) is 17.5. The van der Waals surface area contributed by atoms with E-state index in [1.165, 1.54) is 0 Å². The van der Waals surface area contributed by atoms with E-state index in [9.17, 15) is 0 Å². The summed E-state index contributed by atoms with van der Waals surface area (Å²) in [5, 5.41) is 6.89. The highest BCUT2D eigenvalue weighted by Gasteiger charge is 2.42. The number of ether oxygens (including phenoxy) is 3. The van der Waals surface area contributed by atoms with E-state index >= 15 is 0 Å².